The van der Waals surface area contributed by atoms with Crippen LogP contribution in [0.15, 0.2) is 109 Å². The van der Waals surface area contributed by atoms with Gasteiger partial charge in [0.1, 0.15) is 29.5 Å². The first kappa shape index (κ1) is 43.2. The maximum Gasteiger partial charge on any atom is 0.407 e. The third kappa shape index (κ3) is 8.78. The molecule has 15 heteroatoms. The summed E-state index contributed by atoms with van der Waals surface area (Å²) in [5.74, 6) is 1.19. The summed E-state index contributed by atoms with van der Waals surface area (Å²) in [7, 11) is 4.07. The van der Waals surface area contributed by atoms with Crippen molar-refractivity contribution in [3.8, 4) is 39.4 Å². The van der Waals surface area contributed by atoms with E-state index in [1.807, 2.05) is 19.9 Å². The molecule has 0 bridgehead atoms. The van der Waals surface area contributed by atoms with Gasteiger partial charge in [0.05, 0.1) is 57.2 Å². The monoisotopic (exact) mass is 864 g/mol. The fourth-order valence-corrected chi connectivity index (χ4v) is 8.73. The molecule has 0 unspecified atom stereocenters. The lowest BCUT2D eigenvalue weighted by Crippen LogP contribution is -2.51. The molecule has 0 aliphatic carbocycles. The number of nitrogens with zero attached hydrogens (tertiary/aromatic N) is 4. The molecular weight excluding hydrogens is 813 g/mol. The molecule has 4 N–H and O–H groups in total. The molecule has 0 spiro atoms. The second-order valence-corrected chi connectivity index (χ2v) is 16.5. The van der Waals surface area contributed by atoms with Crippen LogP contribution < -0.4 is 15.4 Å². The minimum Gasteiger partial charge on any atom is -0.496 e. The van der Waals surface area contributed by atoms with E-state index < -0.39 is 24.3 Å². The first-order valence-electron chi connectivity index (χ1n) is 21.3. The maximum atomic E-state index is 14.1. The van der Waals surface area contributed by atoms with Crippen molar-refractivity contribution in [3.05, 3.63) is 127 Å². The normalized spacial score (nSPS) is 17.1. The molecule has 8 rings (SSSR count). The number of hydrogen-bond donors (Lipinski definition) is 4. The van der Waals surface area contributed by atoms with E-state index in [1.54, 1.807) is 40.4 Å². The quantitative estimate of drug-likeness (QED) is 0.0880. The van der Waals surface area contributed by atoms with E-state index in [0.717, 1.165) is 62.8 Å². The number of fused-ring (bicyclic) bond motifs is 1. The highest BCUT2D eigenvalue weighted by molar-refractivity contribution is 5.91. The minimum atomic E-state index is -1.01. The van der Waals surface area contributed by atoms with Crippen LogP contribution in [0.25, 0.3) is 44.4 Å². The number of aromatic amines is 2. The van der Waals surface area contributed by atoms with Crippen LogP contribution in [0.2, 0.25) is 0 Å². The van der Waals surface area contributed by atoms with Gasteiger partial charge in [-0.05, 0) is 70.8 Å². The lowest BCUT2D eigenvalue weighted by molar-refractivity contribution is -0.135. The first-order chi connectivity index (χ1) is 31.0. The van der Waals surface area contributed by atoms with Crippen LogP contribution in [-0.4, -0.2) is 94.2 Å². The summed E-state index contributed by atoms with van der Waals surface area (Å²) in [6, 6.07) is 25.6. The lowest BCUT2D eigenvalue weighted by Gasteiger charge is -2.29. The molecule has 6 aromatic rings. The van der Waals surface area contributed by atoms with E-state index in [0.29, 0.717) is 42.5 Å². The van der Waals surface area contributed by atoms with Gasteiger partial charge in [0.15, 0.2) is 0 Å². The molecule has 4 atom stereocenters. The Morgan fingerprint density at radius 1 is 0.719 bits per heavy atom. The Balaban J connectivity index is 0.954. The second kappa shape index (κ2) is 18.5. The van der Waals surface area contributed by atoms with Gasteiger partial charge in [0, 0.05) is 24.2 Å². The Morgan fingerprint density at radius 3 is 1.98 bits per heavy atom. The Hall–Kier alpha value is -7.42. The number of para-hydroxylation sites is 1. The number of hydrogen-bond acceptors (Lipinski definition) is 9. The topological polar surface area (TPSA) is 184 Å². The van der Waals surface area contributed by atoms with E-state index in [4.69, 9.17) is 24.2 Å². The van der Waals surface area contributed by atoms with Gasteiger partial charge < -0.3 is 44.6 Å². The van der Waals surface area contributed by atoms with Crippen molar-refractivity contribution in [3.63, 3.8) is 0 Å². The number of imidazole rings is 2. The number of ether oxygens (including phenoxy) is 3. The van der Waals surface area contributed by atoms with Gasteiger partial charge in [-0.1, -0.05) is 92.7 Å². The van der Waals surface area contributed by atoms with Crippen LogP contribution >= 0.6 is 0 Å². The third-order valence-corrected chi connectivity index (χ3v) is 12.1. The molecule has 4 heterocycles. The van der Waals surface area contributed by atoms with E-state index in [2.05, 4.69) is 87.8 Å². The number of nitrogens with one attached hydrogen (secondary N) is 4. The van der Waals surface area contributed by atoms with Crippen molar-refractivity contribution in [2.45, 2.75) is 57.3 Å². The Labute approximate surface area is 371 Å². The highest BCUT2D eigenvalue weighted by Gasteiger charge is 2.40. The van der Waals surface area contributed by atoms with Crippen molar-refractivity contribution >= 4 is 34.8 Å². The summed E-state index contributed by atoms with van der Waals surface area (Å²) in [6.07, 6.45) is 4.29. The second-order valence-electron chi connectivity index (χ2n) is 16.5. The summed E-state index contributed by atoms with van der Waals surface area (Å²) in [4.78, 5) is 72.1. The number of H-pyrrole nitrogens is 2. The average Bonchev–Trinajstić information content (AvgIpc) is 4.16. The molecule has 2 aliphatic rings. The van der Waals surface area contributed by atoms with Crippen molar-refractivity contribution in [2.24, 2.45) is 5.92 Å². The van der Waals surface area contributed by atoms with Crippen LogP contribution in [-0.2, 0) is 19.1 Å². The van der Waals surface area contributed by atoms with Gasteiger partial charge in [-0.15, -0.1) is 0 Å². The summed E-state index contributed by atoms with van der Waals surface area (Å²) in [5.41, 5.74) is 7.15. The molecule has 0 saturated carbocycles. The van der Waals surface area contributed by atoms with Crippen LogP contribution in [0.3, 0.4) is 0 Å². The largest absolute Gasteiger partial charge is 0.496 e. The molecule has 2 fully saturated rings. The predicted octanol–water partition coefficient (Wildman–Crippen LogP) is 8.27. The average molecular weight is 865 g/mol. The molecular formula is C49H52N8O7. The highest BCUT2D eigenvalue weighted by Crippen LogP contribution is 2.38. The number of methoxy groups -OCH3 is 3. The summed E-state index contributed by atoms with van der Waals surface area (Å²) >= 11 is 0. The number of benzene rings is 4. The molecule has 64 heavy (non-hydrogen) atoms. The zero-order chi connectivity index (χ0) is 45.1. The maximum absolute atomic E-state index is 14.1. The van der Waals surface area contributed by atoms with E-state index in [1.165, 1.54) is 21.3 Å². The van der Waals surface area contributed by atoms with Crippen molar-refractivity contribution in [1.29, 1.82) is 0 Å². The van der Waals surface area contributed by atoms with E-state index in [-0.39, 0.29) is 29.8 Å². The lowest BCUT2D eigenvalue weighted by atomic mass is 9.98. The molecule has 2 saturated heterocycles. The molecule has 4 amide bonds. The number of alkyl carbamates (subject to hydrolysis) is 2. The summed E-state index contributed by atoms with van der Waals surface area (Å²) < 4.78 is 15.2. The smallest absolute Gasteiger partial charge is 0.407 e. The fraction of sp³-hybridized carbons (Fsp3) is 0.306. The van der Waals surface area contributed by atoms with Crippen LogP contribution in [0.5, 0.6) is 5.75 Å². The number of rotatable bonds is 12. The van der Waals surface area contributed by atoms with Gasteiger partial charge in [0.2, 0.25) is 5.91 Å². The van der Waals surface area contributed by atoms with Crippen LogP contribution in [0.1, 0.15) is 68.4 Å². The van der Waals surface area contributed by atoms with Gasteiger partial charge >= 0.3 is 12.2 Å². The van der Waals surface area contributed by atoms with Gasteiger partial charge in [-0.2, -0.15) is 0 Å². The predicted molar refractivity (Wildman–Crippen MR) is 242 cm³/mol. The van der Waals surface area contributed by atoms with Gasteiger partial charge in [0.25, 0.3) is 5.91 Å². The van der Waals surface area contributed by atoms with E-state index in [9.17, 15) is 19.2 Å². The van der Waals surface area contributed by atoms with Crippen LogP contribution in [0.4, 0.5) is 9.59 Å². The number of carbonyl (C=O) groups is 4. The third-order valence-electron chi connectivity index (χ3n) is 12.1. The number of likely N-dealkylation sites (tertiary alicyclic amines) is 2. The molecule has 4 aromatic carbocycles. The van der Waals surface area contributed by atoms with Gasteiger partial charge in [-0.25, -0.2) is 19.6 Å². The molecule has 0 radical (unpaired) electrons. The Morgan fingerprint density at radius 2 is 1.31 bits per heavy atom. The Bertz CT molecular complexity index is 2710. The number of amides is 4. The van der Waals surface area contributed by atoms with Gasteiger partial charge in [-0.3, -0.25) is 9.59 Å². The molecule has 15 nitrogen and oxygen atoms in total. The first-order valence-corrected chi connectivity index (χ1v) is 21.3. The number of aromatic nitrogens is 4. The highest BCUT2D eigenvalue weighted by atomic mass is 16.5. The SMILES string of the molecule is C=C1C[C@@H](c2ncc(-c3ccc4cc(-c5ccc(-c6cnc([C@@H]7CCCN7C(=O)[C@H](NC(=O)OC)c7ccccc7OC)[nH]6)cc5)ccc4c3)[nH]2)N(C(=O)[C@@H](NC(=O)OC)C(C)C)C1. The van der Waals surface area contributed by atoms with Crippen molar-refractivity contribution in [2.75, 3.05) is 34.4 Å². The zero-order valence-corrected chi connectivity index (χ0v) is 36.5. The molecule has 2 aliphatic heterocycles. The minimum absolute atomic E-state index is 0.150. The summed E-state index contributed by atoms with van der Waals surface area (Å²) in [5, 5.41) is 7.54. The van der Waals surface area contributed by atoms with Crippen molar-refractivity contribution in [1.82, 2.24) is 40.4 Å². The Kier molecular flexibility index (Phi) is 12.5. The molecule has 2 aromatic heterocycles. The fourth-order valence-electron chi connectivity index (χ4n) is 8.73. The molecule has 330 valence electrons. The van der Waals surface area contributed by atoms with Crippen LogP contribution in [0, 0.1) is 5.92 Å². The zero-order valence-electron chi connectivity index (χ0n) is 36.5. The number of carbonyl (C=O) groups excluding carboxylic acids is 4. The van der Waals surface area contributed by atoms with Crippen molar-refractivity contribution < 1.29 is 33.4 Å². The summed E-state index contributed by atoms with van der Waals surface area (Å²) in [6.45, 7) is 8.82. The van der Waals surface area contributed by atoms with E-state index >= 15 is 0 Å². The standard InChI is InChI=1S/C49H52N8O7/c1-28(2)42(54-48(60)63-5)46(58)57-27-29(3)22-40(57)45-51-26-38(53-45)35-20-19-33-23-32(17-18-34(33)24-35)30-13-15-31(16-14-30)37-25-50-44(52-37)39-11-9-21-56(39)47(59)43(55-49(61)64-6)36-10-7-8-12-41(36)62-4/h7-8,10,12-20,23-26,28,39-40,42-43H,3,9,11,21-22,27H2,1-2,4-6H3,(H,50,52)(H,51,53)(H,54,60)(H,55,61)/t39-,40-,42-,43+/m0/s1.